The minimum Gasteiger partial charge on any atom is -0.461 e. The van der Waals surface area contributed by atoms with Gasteiger partial charge < -0.3 is 13.8 Å². The van der Waals surface area contributed by atoms with Crippen LogP contribution in [0.2, 0.25) is 0 Å². The zero-order valence-electron chi connectivity index (χ0n) is 14.9. The number of aromatic nitrogens is 3. The number of carbonyl (C=O) groups excluding carboxylic acids is 2. The second-order valence-electron chi connectivity index (χ2n) is 6.49. The molecule has 0 unspecified atom stereocenters. The molecule has 2 heterocycles. The minimum absolute atomic E-state index is 0.0406. The van der Waals surface area contributed by atoms with Crippen LogP contribution in [0, 0.1) is 0 Å². The number of carbonyl (C=O) groups is 2. The molecule has 0 saturated heterocycles. The maximum absolute atomic E-state index is 13.4. The van der Waals surface area contributed by atoms with E-state index < -0.39 is 5.97 Å². The van der Waals surface area contributed by atoms with Crippen LogP contribution in [0.3, 0.4) is 0 Å². The Bertz CT molecular complexity index is 971. The molecule has 1 aliphatic rings. The smallest absolute Gasteiger partial charge is 0.361 e. The number of hydrogen-bond donors (Lipinski definition) is 0. The molecule has 0 atom stereocenters. The molecule has 1 aliphatic carbocycles. The number of ether oxygens (including phenoxy) is 1. The molecule has 0 N–H and O–H groups in total. The molecular formula is C20H19N3O4. The van der Waals surface area contributed by atoms with Crippen LogP contribution < -0.4 is 0 Å². The molecule has 1 saturated carbocycles. The second kappa shape index (κ2) is 7.19. The molecule has 7 nitrogen and oxygen atoms in total. The van der Waals surface area contributed by atoms with Gasteiger partial charge >= 0.3 is 5.97 Å². The molecule has 7 heteroatoms. The number of imidazole rings is 1. The van der Waals surface area contributed by atoms with E-state index in [0.717, 1.165) is 18.4 Å². The van der Waals surface area contributed by atoms with E-state index in [1.807, 2.05) is 22.9 Å². The highest BCUT2D eigenvalue weighted by Crippen LogP contribution is 2.43. The lowest BCUT2D eigenvalue weighted by atomic mass is 9.95. The highest BCUT2D eigenvalue weighted by atomic mass is 16.5. The number of benzene rings is 1. The van der Waals surface area contributed by atoms with Crippen LogP contribution in [0.5, 0.6) is 0 Å². The van der Waals surface area contributed by atoms with Crippen molar-refractivity contribution < 1.29 is 18.8 Å². The van der Waals surface area contributed by atoms with E-state index in [-0.39, 0.29) is 29.6 Å². The van der Waals surface area contributed by atoms with Crippen molar-refractivity contribution >= 4 is 11.8 Å². The van der Waals surface area contributed by atoms with Crippen LogP contribution in [0.15, 0.2) is 47.5 Å². The Morgan fingerprint density at radius 3 is 2.81 bits per heavy atom. The van der Waals surface area contributed by atoms with Crippen molar-refractivity contribution in [3.05, 3.63) is 71.1 Å². The van der Waals surface area contributed by atoms with Crippen LogP contribution in [0.1, 0.15) is 63.4 Å². The molecule has 1 aromatic carbocycles. The van der Waals surface area contributed by atoms with E-state index in [1.165, 1.54) is 0 Å². The van der Waals surface area contributed by atoms with Crippen molar-refractivity contribution in [1.82, 2.24) is 14.7 Å². The van der Waals surface area contributed by atoms with Gasteiger partial charge in [0.2, 0.25) is 5.69 Å². The molecular weight excluding hydrogens is 346 g/mol. The maximum Gasteiger partial charge on any atom is 0.361 e. The zero-order chi connectivity index (χ0) is 18.8. The third-order valence-electron chi connectivity index (χ3n) is 4.54. The molecule has 27 heavy (non-hydrogen) atoms. The molecule has 0 radical (unpaired) electrons. The standard InChI is InChI=1S/C20H19N3O4/c1-2-26-20(25)17-16(19(27-22-17)13-7-8-13)18(24)15-6-4-3-5-14(15)11-23-10-9-21-12-23/h3-6,9-10,12-13H,2,7-8,11H2,1H3. The van der Waals surface area contributed by atoms with Crippen LogP contribution >= 0.6 is 0 Å². The summed E-state index contributed by atoms with van der Waals surface area (Å²) in [5.41, 5.74) is 1.54. The molecule has 2 aromatic heterocycles. The number of rotatable bonds is 7. The Morgan fingerprint density at radius 2 is 2.11 bits per heavy atom. The summed E-state index contributed by atoms with van der Waals surface area (Å²) in [6, 6.07) is 7.33. The van der Waals surface area contributed by atoms with E-state index in [0.29, 0.717) is 17.9 Å². The van der Waals surface area contributed by atoms with Gasteiger partial charge in [-0.1, -0.05) is 29.4 Å². The van der Waals surface area contributed by atoms with E-state index in [1.54, 1.807) is 31.6 Å². The summed E-state index contributed by atoms with van der Waals surface area (Å²) in [4.78, 5) is 29.7. The maximum atomic E-state index is 13.4. The lowest BCUT2D eigenvalue weighted by Crippen LogP contribution is -2.15. The summed E-state index contributed by atoms with van der Waals surface area (Å²) >= 11 is 0. The molecule has 0 spiro atoms. The summed E-state index contributed by atoms with van der Waals surface area (Å²) in [5, 5.41) is 3.86. The Balaban J connectivity index is 1.75. The third-order valence-corrected chi connectivity index (χ3v) is 4.54. The van der Waals surface area contributed by atoms with Gasteiger partial charge in [0.25, 0.3) is 0 Å². The molecule has 0 bridgehead atoms. The monoisotopic (exact) mass is 365 g/mol. The second-order valence-corrected chi connectivity index (χ2v) is 6.49. The van der Waals surface area contributed by atoms with E-state index in [4.69, 9.17) is 9.26 Å². The first-order valence-electron chi connectivity index (χ1n) is 8.94. The lowest BCUT2D eigenvalue weighted by Gasteiger charge is -2.10. The fraction of sp³-hybridized carbons (Fsp3) is 0.300. The van der Waals surface area contributed by atoms with Gasteiger partial charge in [0.1, 0.15) is 5.56 Å². The predicted molar refractivity (Wildman–Crippen MR) is 95.6 cm³/mol. The van der Waals surface area contributed by atoms with Crippen LogP contribution in [-0.2, 0) is 11.3 Å². The average Bonchev–Trinajstić information content (AvgIpc) is 3.21. The van der Waals surface area contributed by atoms with Gasteiger partial charge in [0, 0.05) is 30.4 Å². The van der Waals surface area contributed by atoms with E-state index >= 15 is 0 Å². The van der Waals surface area contributed by atoms with Gasteiger partial charge in [-0.05, 0) is 25.3 Å². The minimum atomic E-state index is -0.636. The molecule has 0 amide bonds. The number of nitrogens with zero attached hydrogens (tertiary/aromatic N) is 3. The summed E-state index contributed by atoms with van der Waals surface area (Å²) in [7, 11) is 0. The molecule has 138 valence electrons. The largest absolute Gasteiger partial charge is 0.461 e. The Hall–Kier alpha value is -3.22. The van der Waals surface area contributed by atoms with E-state index in [9.17, 15) is 9.59 Å². The summed E-state index contributed by atoms with van der Waals surface area (Å²) in [6.07, 6.45) is 7.07. The molecule has 0 aliphatic heterocycles. The highest BCUT2D eigenvalue weighted by Gasteiger charge is 2.37. The van der Waals surface area contributed by atoms with Gasteiger partial charge in [0.15, 0.2) is 11.5 Å². The van der Waals surface area contributed by atoms with E-state index in [2.05, 4.69) is 10.1 Å². The third kappa shape index (κ3) is 3.40. The molecule has 4 rings (SSSR count). The molecule has 3 aromatic rings. The topological polar surface area (TPSA) is 87.2 Å². The quantitative estimate of drug-likeness (QED) is 0.472. The average molecular weight is 365 g/mol. The first-order valence-corrected chi connectivity index (χ1v) is 8.94. The van der Waals surface area contributed by atoms with Crippen molar-refractivity contribution in [3.63, 3.8) is 0 Å². The lowest BCUT2D eigenvalue weighted by molar-refractivity contribution is 0.0512. The van der Waals surface area contributed by atoms with Crippen molar-refractivity contribution in [2.75, 3.05) is 6.61 Å². The fourth-order valence-corrected chi connectivity index (χ4v) is 3.08. The normalized spacial score (nSPS) is 13.5. The Labute approximate surface area is 156 Å². The Morgan fingerprint density at radius 1 is 1.30 bits per heavy atom. The van der Waals surface area contributed by atoms with Crippen LogP contribution in [0.4, 0.5) is 0 Å². The molecule has 1 fully saturated rings. The first kappa shape index (κ1) is 17.2. The number of hydrogen-bond acceptors (Lipinski definition) is 6. The predicted octanol–water partition coefficient (Wildman–Crippen LogP) is 3.20. The summed E-state index contributed by atoms with van der Waals surface area (Å²) < 4.78 is 12.3. The SMILES string of the molecule is CCOC(=O)c1noc(C2CC2)c1C(=O)c1ccccc1Cn1ccnc1. The van der Waals surface area contributed by atoms with Crippen LogP contribution in [0.25, 0.3) is 0 Å². The number of ketones is 1. The van der Waals surface area contributed by atoms with Gasteiger partial charge in [-0.25, -0.2) is 9.78 Å². The van der Waals surface area contributed by atoms with Crippen molar-refractivity contribution in [2.45, 2.75) is 32.2 Å². The number of esters is 1. The van der Waals surface area contributed by atoms with Gasteiger partial charge in [-0.2, -0.15) is 0 Å². The highest BCUT2D eigenvalue weighted by molar-refractivity contribution is 6.15. The fourth-order valence-electron chi connectivity index (χ4n) is 3.08. The summed E-state index contributed by atoms with van der Waals surface area (Å²) in [6.45, 7) is 2.41. The van der Waals surface area contributed by atoms with Crippen molar-refractivity contribution in [1.29, 1.82) is 0 Å². The Kier molecular flexibility index (Phi) is 4.58. The summed E-state index contributed by atoms with van der Waals surface area (Å²) in [5.74, 6) is -0.276. The zero-order valence-corrected chi connectivity index (χ0v) is 14.9. The van der Waals surface area contributed by atoms with Gasteiger partial charge in [-0.15, -0.1) is 0 Å². The first-order chi connectivity index (χ1) is 13.2. The van der Waals surface area contributed by atoms with Crippen molar-refractivity contribution in [2.24, 2.45) is 0 Å². The van der Waals surface area contributed by atoms with Gasteiger partial charge in [-0.3, -0.25) is 4.79 Å². The van der Waals surface area contributed by atoms with Gasteiger partial charge in [0.05, 0.1) is 12.9 Å². The van der Waals surface area contributed by atoms with Crippen molar-refractivity contribution in [3.8, 4) is 0 Å². The van der Waals surface area contributed by atoms with Crippen LogP contribution in [-0.4, -0.2) is 33.1 Å².